The van der Waals surface area contributed by atoms with Crippen LogP contribution in [0.3, 0.4) is 0 Å². The Bertz CT molecular complexity index is 781. The summed E-state index contributed by atoms with van der Waals surface area (Å²) in [6, 6.07) is 7.41. The third-order valence-corrected chi connectivity index (χ3v) is 4.89. The summed E-state index contributed by atoms with van der Waals surface area (Å²) in [5.41, 5.74) is 0.623. The molecular formula is C19H24N4O2. The number of nitrogens with zero attached hydrogens (tertiary/aromatic N) is 4. The molecule has 25 heavy (non-hydrogen) atoms. The zero-order chi connectivity index (χ0) is 17.4. The highest BCUT2D eigenvalue weighted by Crippen LogP contribution is 2.39. The van der Waals surface area contributed by atoms with Gasteiger partial charge in [-0.1, -0.05) is 19.1 Å². The lowest BCUT2D eigenvalue weighted by molar-refractivity contribution is 0.0626. The van der Waals surface area contributed by atoms with Crippen LogP contribution < -0.4 is 4.74 Å². The van der Waals surface area contributed by atoms with Crippen molar-refractivity contribution >= 4 is 5.91 Å². The third-order valence-electron chi connectivity index (χ3n) is 4.89. The maximum absolute atomic E-state index is 13.1. The molecule has 0 N–H and O–H groups in total. The van der Waals surface area contributed by atoms with Crippen molar-refractivity contribution in [2.24, 2.45) is 0 Å². The van der Waals surface area contributed by atoms with Gasteiger partial charge in [0.1, 0.15) is 11.6 Å². The number of hydrogen-bond acceptors (Lipinski definition) is 4. The summed E-state index contributed by atoms with van der Waals surface area (Å²) in [5, 5.41) is 4.63. The summed E-state index contributed by atoms with van der Waals surface area (Å²) in [4.78, 5) is 19.7. The van der Waals surface area contributed by atoms with E-state index in [9.17, 15) is 4.79 Å². The lowest BCUT2D eigenvalue weighted by atomic mass is 10.1. The van der Waals surface area contributed by atoms with Crippen LogP contribution in [0, 0.1) is 0 Å². The van der Waals surface area contributed by atoms with Gasteiger partial charge in [-0.25, -0.2) is 9.67 Å². The molecule has 1 aromatic heterocycles. The van der Waals surface area contributed by atoms with Gasteiger partial charge < -0.3 is 9.64 Å². The molecule has 0 spiro atoms. The number of aromatic nitrogens is 3. The van der Waals surface area contributed by atoms with E-state index in [1.165, 1.54) is 12.8 Å². The smallest absolute Gasteiger partial charge is 0.258 e. The van der Waals surface area contributed by atoms with E-state index in [1.54, 1.807) is 0 Å². The Labute approximate surface area is 147 Å². The number of fused-ring (bicyclic) bond motifs is 1. The summed E-state index contributed by atoms with van der Waals surface area (Å²) in [5.74, 6) is 3.03. The van der Waals surface area contributed by atoms with Gasteiger partial charge in [-0.2, -0.15) is 5.10 Å². The maximum Gasteiger partial charge on any atom is 0.258 e. The van der Waals surface area contributed by atoms with E-state index in [1.807, 2.05) is 40.8 Å². The van der Waals surface area contributed by atoms with Gasteiger partial charge in [-0.3, -0.25) is 4.79 Å². The molecule has 1 aliphatic carbocycles. The number of rotatable bonds is 5. The SMILES string of the molecule is CCCOc1ccccc1C(=O)N1CCn2nc(C3CC3)nc2[C@H]1C. The van der Waals surface area contributed by atoms with Crippen LogP contribution in [0.2, 0.25) is 0 Å². The molecule has 6 heteroatoms. The molecule has 2 heterocycles. The van der Waals surface area contributed by atoms with E-state index in [0.717, 1.165) is 18.1 Å². The van der Waals surface area contributed by atoms with Crippen LogP contribution in [0.1, 0.15) is 67.1 Å². The Balaban J connectivity index is 1.58. The van der Waals surface area contributed by atoms with E-state index in [2.05, 4.69) is 12.0 Å². The first-order valence-corrected chi connectivity index (χ1v) is 9.16. The van der Waals surface area contributed by atoms with Gasteiger partial charge in [0.15, 0.2) is 5.82 Å². The zero-order valence-electron chi connectivity index (χ0n) is 14.8. The van der Waals surface area contributed by atoms with Crippen molar-refractivity contribution in [3.63, 3.8) is 0 Å². The Morgan fingerprint density at radius 1 is 1.28 bits per heavy atom. The second kappa shape index (κ2) is 6.50. The number of para-hydroxylation sites is 1. The molecule has 132 valence electrons. The molecule has 0 unspecified atom stereocenters. The lowest BCUT2D eigenvalue weighted by Gasteiger charge is -2.33. The molecule has 0 radical (unpaired) electrons. The van der Waals surface area contributed by atoms with Gasteiger partial charge in [0, 0.05) is 12.5 Å². The average molecular weight is 340 g/mol. The normalized spacial score (nSPS) is 19.6. The van der Waals surface area contributed by atoms with Crippen molar-refractivity contribution in [2.75, 3.05) is 13.2 Å². The predicted octanol–water partition coefficient (Wildman–Crippen LogP) is 3.16. The van der Waals surface area contributed by atoms with Crippen molar-refractivity contribution in [2.45, 2.75) is 51.6 Å². The number of carbonyl (C=O) groups is 1. The van der Waals surface area contributed by atoms with Crippen LogP contribution in [0.4, 0.5) is 0 Å². The van der Waals surface area contributed by atoms with E-state index in [4.69, 9.17) is 9.72 Å². The van der Waals surface area contributed by atoms with Gasteiger partial charge in [0.25, 0.3) is 5.91 Å². The molecule has 1 atom stereocenters. The Kier molecular flexibility index (Phi) is 4.19. The molecule has 1 aromatic carbocycles. The van der Waals surface area contributed by atoms with E-state index < -0.39 is 0 Å². The van der Waals surface area contributed by atoms with Gasteiger partial charge in [-0.05, 0) is 38.3 Å². The first-order chi connectivity index (χ1) is 12.2. The minimum absolute atomic E-state index is 0.00132. The van der Waals surface area contributed by atoms with Crippen molar-refractivity contribution in [3.05, 3.63) is 41.5 Å². The Morgan fingerprint density at radius 3 is 2.84 bits per heavy atom. The van der Waals surface area contributed by atoms with Crippen LogP contribution in [0.25, 0.3) is 0 Å². The molecule has 2 aromatic rings. The molecule has 6 nitrogen and oxygen atoms in total. The van der Waals surface area contributed by atoms with Crippen LogP contribution in [-0.4, -0.2) is 38.7 Å². The fourth-order valence-electron chi connectivity index (χ4n) is 3.31. The highest BCUT2D eigenvalue weighted by atomic mass is 16.5. The highest BCUT2D eigenvalue weighted by molar-refractivity contribution is 5.97. The summed E-state index contributed by atoms with van der Waals surface area (Å²) in [6.45, 7) is 6.04. The molecular weight excluding hydrogens is 316 g/mol. The highest BCUT2D eigenvalue weighted by Gasteiger charge is 2.35. The van der Waals surface area contributed by atoms with E-state index in [0.29, 0.717) is 36.9 Å². The number of hydrogen-bond donors (Lipinski definition) is 0. The van der Waals surface area contributed by atoms with Crippen molar-refractivity contribution in [1.82, 2.24) is 19.7 Å². The van der Waals surface area contributed by atoms with Crippen LogP contribution in [-0.2, 0) is 6.54 Å². The quantitative estimate of drug-likeness (QED) is 0.839. The van der Waals surface area contributed by atoms with Crippen LogP contribution in [0.15, 0.2) is 24.3 Å². The lowest BCUT2D eigenvalue weighted by Crippen LogP contribution is -2.41. The van der Waals surface area contributed by atoms with Gasteiger partial charge in [0.05, 0.1) is 24.8 Å². The predicted molar refractivity (Wildman–Crippen MR) is 93.7 cm³/mol. The largest absolute Gasteiger partial charge is 0.493 e. The molecule has 4 rings (SSSR count). The first-order valence-electron chi connectivity index (χ1n) is 9.16. The van der Waals surface area contributed by atoms with Gasteiger partial charge in [0.2, 0.25) is 0 Å². The standard InChI is InChI=1S/C19H24N4O2/c1-3-12-25-16-7-5-4-6-15(16)19(24)22-10-11-23-18(13(22)2)20-17(21-23)14-8-9-14/h4-7,13-14H,3,8-12H2,1-2H3/t13-/m1/s1. The van der Waals surface area contributed by atoms with Crippen LogP contribution in [0.5, 0.6) is 5.75 Å². The number of carbonyl (C=O) groups excluding carboxylic acids is 1. The number of amides is 1. The minimum atomic E-state index is -0.0829. The summed E-state index contributed by atoms with van der Waals surface area (Å²) < 4.78 is 7.74. The minimum Gasteiger partial charge on any atom is -0.493 e. The number of benzene rings is 1. The van der Waals surface area contributed by atoms with Crippen LogP contribution >= 0.6 is 0 Å². The van der Waals surface area contributed by atoms with E-state index >= 15 is 0 Å². The summed E-state index contributed by atoms with van der Waals surface area (Å²) >= 11 is 0. The fourth-order valence-corrected chi connectivity index (χ4v) is 3.31. The number of ether oxygens (including phenoxy) is 1. The molecule has 2 aliphatic rings. The molecule has 1 fully saturated rings. The monoisotopic (exact) mass is 340 g/mol. The topological polar surface area (TPSA) is 60.2 Å². The fraction of sp³-hybridized carbons (Fsp3) is 0.526. The zero-order valence-corrected chi connectivity index (χ0v) is 14.8. The van der Waals surface area contributed by atoms with Crippen molar-refractivity contribution in [1.29, 1.82) is 0 Å². The van der Waals surface area contributed by atoms with Gasteiger partial charge in [-0.15, -0.1) is 0 Å². The average Bonchev–Trinajstić information content (AvgIpc) is 3.39. The molecule has 1 saturated carbocycles. The summed E-state index contributed by atoms with van der Waals surface area (Å²) in [6.07, 6.45) is 3.28. The Hall–Kier alpha value is -2.37. The second-order valence-electron chi connectivity index (χ2n) is 6.84. The first kappa shape index (κ1) is 16.1. The molecule has 1 aliphatic heterocycles. The third kappa shape index (κ3) is 3.01. The van der Waals surface area contributed by atoms with Crippen molar-refractivity contribution in [3.8, 4) is 5.75 Å². The van der Waals surface area contributed by atoms with Crippen molar-refractivity contribution < 1.29 is 9.53 Å². The second-order valence-corrected chi connectivity index (χ2v) is 6.84. The van der Waals surface area contributed by atoms with Gasteiger partial charge >= 0.3 is 0 Å². The molecule has 0 bridgehead atoms. The summed E-state index contributed by atoms with van der Waals surface area (Å²) in [7, 11) is 0. The Morgan fingerprint density at radius 2 is 2.08 bits per heavy atom. The molecule has 0 saturated heterocycles. The van der Waals surface area contributed by atoms with E-state index in [-0.39, 0.29) is 11.9 Å². The molecule has 1 amide bonds. The maximum atomic E-state index is 13.1.